The molecule has 0 atom stereocenters. The van der Waals surface area contributed by atoms with Crippen LogP contribution < -0.4 is 0 Å². The molecule has 0 bridgehead atoms. The molecule has 0 amide bonds. The molecule has 2 heteroatoms. The van der Waals surface area contributed by atoms with Crippen molar-refractivity contribution in [3.05, 3.63) is 54.3 Å². The van der Waals surface area contributed by atoms with Crippen molar-refractivity contribution in [3.8, 4) is 0 Å². The Morgan fingerprint density at radius 2 is 1.60 bits per heavy atom. The number of hydrogen-bond donors (Lipinski definition) is 0. The zero-order chi connectivity index (χ0) is 14.9. The molecule has 20 heavy (non-hydrogen) atoms. The number of thiophene rings is 1. The number of halogens is 1. The lowest BCUT2D eigenvalue weighted by Crippen LogP contribution is -2.10. The lowest BCUT2D eigenvalue weighted by molar-refractivity contribution is 0.590. The molecule has 1 heterocycles. The van der Waals surface area contributed by atoms with Gasteiger partial charge in [-0.2, -0.15) is 0 Å². The Hall–Kier alpha value is -0.610. The lowest BCUT2D eigenvalue weighted by atomic mass is 9.87. The summed E-state index contributed by atoms with van der Waals surface area (Å²) in [4.78, 5) is 2.78. The van der Waals surface area contributed by atoms with E-state index in [9.17, 15) is 0 Å². The van der Waals surface area contributed by atoms with Gasteiger partial charge in [-0.1, -0.05) is 51.1 Å². The Morgan fingerprint density at radius 3 is 2.05 bits per heavy atom. The van der Waals surface area contributed by atoms with Gasteiger partial charge in [0.1, 0.15) is 0 Å². The van der Waals surface area contributed by atoms with Crippen molar-refractivity contribution in [2.45, 2.75) is 40.0 Å². The molecule has 1 aromatic carbocycles. The maximum atomic E-state index is 2.43. The van der Waals surface area contributed by atoms with E-state index in [1.807, 2.05) is 11.3 Å². The van der Waals surface area contributed by atoms with Crippen molar-refractivity contribution < 1.29 is 0 Å². The summed E-state index contributed by atoms with van der Waals surface area (Å²) in [6.45, 7) is 11.1. The van der Waals surface area contributed by atoms with Crippen LogP contribution in [-0.2, 0) is 5.41 Å². The third kappa shape index (κ3) is 3.53. The van der Waals surface area contributed by atoms with Gasteiger partial charge in [-0.25, -0.2) is 0 Å². The quantitative estimate of drug-likeness (QED) is 0.513. The molecule has 0 spiro atoms. The van der Waals surface area contributed by atoms with E-state index < -0.39 is 0 Å². The van der Waals surface area contributed by atoms with Crippen LogP contribution in [-0.4, -0.2) is 0 Å². The van der Waals surface area contributed by atoms with E-state index in [1.54, 1.807) is 0 Å². The topological polar surface area (TPSA) is 0 Å². The second-order valence-corrected chi connectivity index (χ2v) is 8.50. The summed E-state index contributed by atoms with van der Waals surface area (Å²) < 4.78 is 1.40. The second kappa shape index (κ2) is 6.02. The minimum atomic E-state index is 0.222. The molecule has 1 aromatic heterocycles. The average molecular weight is 396 g/mol. The molecule has 106 valence electrons. The summed E-state index contributed by atoms with van der Waals surface area (Å²) in [6.07, 6.45) is 4.45. The normalized spacial score (nSPS) is 12.3. The standard InChI is InChI=1S/C18H21IS/c1-12-16(20-13(2)17(12)19)11-8-14-6-9-15(10-7-14)18(3,4)5/h6-11H,1-5H3. The van der Waals surface area contributed by atoms with Gasteiger partial charge in [-0.3, -0.25) is 0 Å². The van der Waals surface area contributed by atoms with Gasteiger partial charge in [-0.05, 0) is 64.6 Å². The molecule has 2 rings (SSSR count). The van der Waals surface area contributed by atoms with Crippen LogP contribution in [0.2, 0.25) is 0 Å². The molecule has 0 aliphatic carbocycles. The summed E-state index contributed by atoms with van der Waals surface area (Å²) >= 11 is 4.31. The van der Waals surface area contributed by atoms with Crippen LogP contribution in [0.3, 0.4) is 0 Å². The molecule has 0 unspecified atom stereocenters. The van der Waals surface area contributed by atoms with Crippen molar-refractivity contribution in [1.29, 1.82) is 0 Å². The minimum absolute atomic E-state index is 0.222. The van der Waals surface area contributed by atoms with Crippen molar-refractivity contribution >= 4 is 46.1 Å². The first kappa shape index (κ1) is 15.8. The summed E-state index contributed by atoms with van der Waals surface area (Å²) in [6, 6.07) is 8.88. The molecular weight excluding hydrogens is 375 g/mol. The largest absolute Gasteiger partial charge is 0.140 e. The molecule has 0 aliphatic rings. The lowest BCUT2D eigenvalue weighted by Gasteiger charge is -2.18. The second-order valence-electron chi connectivity index (χ2n) is 6.17. The molecule has 0 saturated heterocycles. The number of rotatable bonds is 2. The average Bonchev–Trinajstić information content (AvgIpc) is 2.63. The third-order valence-corrected chi connectivity index (χ3v) is 6.63. The SMILES string of the molecule is Cc1sc(C=Cc2ccc(C(C)(C)C)cc2)c(C)c1I. The van der Waals surface area contributed by atoms with Gasteiger partial charge in [-0.15, -0.1) is 11.3 Å². The third-order valence-electron chi connectivity index (χ3n) is 3.47. The molecule has 0 radical (unpaired) electrons. The molecule has 2 aromatic rings. The van der Waals surface area contributed by atoms with E-state index >= 15 is 0 Å². The van der Waals surface area contributed by atoms with Crippen LogP contribution in [0.1, 0.15) is 47.2 Å². The van der Waals surface area contributed by atoms with Gasteiger partial charge >= 0.3 is 0 Å². The van der Waals surface area contributed by atoms with E-state index in [-0.39, 0.29) is 5.41 Å². The van der Waals surface area contributed by atoms with Gasteiger partial charge in [0.15, 0.2) is 0 Å². The molecule has 0 fully saturated rings. The van der Waals surface area contributed by atoms with Gasteiger partial charge in [0.25, 0.3) is 0 Å². The monoisotopic (exact) mass is 396 g/mol. The van der Waals surface area contributed by atoms with E-state index in [1.165, 1.54) is 30.0 Å². The van der Waals surface area contributed by atoms with E-state index in [0.717, 1.165) is 0 Å². The molecule has 0 saturated carbocycles. The summed E-state index contributed by atoms with van der Waals surface area (Å²) in [7, 11) is 0. The Kier molecular flexibility index (Phi) is 4.75. The smallest absolute Gasteiger partial charge is 0.0313 e. The van der Waals surface area contributed by atoms with Crippen LogP contribution in [0.25, 0.3) is 12.2 Å². The van der Waals surface area contributed by atoms with Crippen LogP contribution in [0.5, 0.6) is 0 Å². The van der Waals surface area contributed by atoms with Gasteiger partial charge in [0, 0.05) is 13.3 Å². The first-order valence-corrected chi connectivity index (χ1v) is 8.72. The summed E-state index contributed by atoms with van der Waals surface area (Å²) in [5.41, 5.74) is 4.27. The van der Waals surface area contributed by atoms with Gasteiger partial charge in [0.05, 0.1) is 0 Å². The highest BCUT2D eigenvalue weighted by molar-refractivity contribution is 14.1. The maximum Gasteiger partial charge on any atom is 0.0313 e. The maximum absolute atomic E-state index is 2.43. The molecule has 0 nitrogen and oxygen atoms in total. The predicted molar refractivity (Wildman–Crippen MR) is 101 cm³/mol. The fourth-order valence-corrected chi connectivity index (χ4v) is 3.85. The number of hydrogen-bond acceptors (Lipinski definition) is 1. The first-order chi connectivity index (χ1) is 9.29. The van der Waals surface area contributed by atoms with Crippen LogP contribution >= 0.6 is 33.9 Å². The Balaban J connectivity index is 2.21. The van der Waals surface area contributed by atoms with Crippen molar-refractivity contribution in [2.75, 3.05) is 0 Å². The molecule has 0 N–H and O–H groups in total. The Morgan fingerprint density at radius 1 is 1.00 bits per heavy atom. The summed E-state index contributed by atoms with van der Waals surface area (Å²) in [5.74, 6) is 0. The predicted octanol–water partition coefficient (Wildman–Crippen LogP) is 6.44. The Labute approximate surface area is 140 Å². The Bertz CT molecular complexity index is 625. The van der Waals surface area contributed by atoms with E-state index in [4.69, 9.17) is 0 Å². The fourth-order valence-electron chi connectivity index (χ4n) is 2.08. The van der Waals surface area contributed by atoms with Crippen LogP contribution in [0.15, 0.2) is 24.3 Å². The number of aryl methyl sites for hydroxylation is 1. The van der Waals surface area contributed by atoms with Gasteiger partial charge < -0.3 is 0 Å². The highest BCUT2D eigenvalue weighted by Crippen LogP contribution is 2.30. The zero-order valence-corrected chi connectivity index (χ0v) is 15.7. The van der Waals surface area contributed by atoms with E-state index in [2.05, 4.69) is 93.6 Å². The van der Waals surface area contributed by atoms with Crippen molar-refractivity contribution in [1.82, 2.24) is 0 Å². The molecule has 0 aliphatic heterocycles. The van der Waals surface area contributed by atoms with Gasteiger partial charge in [0.2, 0.25) is 0 Å². The number of benzene rings is 1. The summed E-state index contributed by atoms with van der Waals surface area (Å²) in [5, 5.41) is 0. The van der Waals surface area contributed by atoms with Crippen LogP contribution in [0, 0.1) is 17.4 Å². The first-order valence-electron chi connectivity index (χ1n) is 6.83. The van der Waals surface area contributed by atoms with Crippen molar-refractivity contribution in [2.24, 2.45) is 0 Å². The molecular formula is C18H21IS. The van der Waals surface area contributed by atoms with Crippen molar-refractivity contribution in [3.63, 3.8) is 0 Å². The highest BCUT2D eigenvalue weighted by Gasteiger charge is 2.12. The minimum Gasteiger partial charge on any atom is -0.140 e. The zero-order valence-electron chi connectivity index (χ0n) is 12.8. The fraction of sp³-hybridized carbons (Fsp3) is 0.333. The van der Waals surface area contributed by atoms with E-state index in [0.29, 0.717) is 0 Å². The highest BCUT2D eigenvalue weighted by atomic mass is 127. The van der Waals surface area contributed by atoms with Crippen LogP contribution in [0.4, 0.5) is 0 Å².